The van der Waals surface area contributed by atoms with Crippen molar-refractivity contribution in [3.05, 3.63) is 152 Å². The molecule has 0 amide bonds. The predicted octanol–water partition coefficient (Wildman–Crippen LogP) is 7.36. The molecule has 0 bridgehead atoms. The van der Waals surface area contributed by atoms with Gasteiger partial charge in [0.2, 0.25) is 0 Å². The molecular weight excluding hydrogens is 464 g/mol. The zero-order valence-corrected chi connectivity index (χ0v) is 20.1. The van der Waals surface area contributed by atoms with E-state index >= 15 is 0 Å². The summed E-state index contributed by atoms with van der Waals surface area (Å²) in [6.07, 6.45) is -1.21. The van der Waals surface area contributed by atoms with Gasteiger partial charge in [-0.1, -0.05) is 91.0 Å². The summed E-state index contributed by atoms with van der Waals surface area (Å²) in [7, 11) is 0. The number of hydrogen-bond acceptors (Lipinski definition) is 5. The third kappa shape index (κ3) is 6.41. The molecule has 0 N–H and O–H groups in total. The minimum absolute atomic E-state index is 0.507. The van der Waals surface area contributed by atoms with Gasteiger partial charge in [-0.05, 0) is 60.7 Å². The van der Waals surface area contributed by atoms with Gasteiger partial charge in [-0.15, -0.1) is 0 Å². The molecule has 0 aromatic heterocycles. The van der Waals surface area contributed by atoms with Crippen molar-refractivity contribution in [2.24, 2.45) is 0 Å². The Morgan fingerprint density at radius 3 is 0.838 bits per heavy atom. The molecule has 0 fully saturated rings. The van der Waals surface area contributed by atoms with Crippen LogP contribution in [0.4, 0.5) is 0 Å². The molecule has 0 aliphatic heterocycles. The lowest BCUT2D eigenvalue weighted by Gasteiger charge is -2.38. The minimum Gasteiger partial charge on any atom is -0.445 e. The summed E-state index contributed by atoms with van der Waals surface area (Å²) < 4.78 is 32.4. The minimum atomic E-state index is -1.91. The lowest BCUT2D eigenvalue weighted by molar-refractivity contribution is -0.335. The van der Waals surface area contributed by atoms with Crippen LogP contribution in [0.25, 0.3) is 0 Å². The number of benzene rings is 5. The summed E-state index contributed by atoms with van der Waals surface area (Å²) >= 11 is 0. The Kier molecular flexibility index (Phi) is 7.53. The molecule has 0 radical (unpaired) electrons. The predicted molar refractivity (Wildman–Crippen MR) is 142 cm³/mol. The molecular formula is C32H26O5. The highest BCUT2D eigenvalue weighted by Gasteiger charge is 2.53. The van der Waals surface area contributed by atoms with E-state index in [4.69, 9.17) is 23.7 Å². The Bertz CT molecular complexity index is 1190. The van der Waals surface area contributed by atoms with Crippen molar-refractivity contribution in [3.63, 3.8) is 0 Å². The van der Waals surface area contributed by atoms with E-state index in [1.54, 1.807) is 0 Å². The molecule has 5 aromatic rings. The van der Waals surface area contributed by atoms with Crippen LogP contribution >= 0.6 is 0 Å². The summed E-state index contributed by atoms with van der Waals surface area (Å²) in [6, 6.07) is 46.5. The maximum absolute atomic E-state index is 6.52. The number of para-hydroxylation sites is 5. The first-order chi connectivity index (χ1) is 18.3. The first kappa shape index (κ1) is 23.8. The molecule has 184 valence electrons. The average molecular weight is 491 g/mol. The SMILES string of the molecule is c1ccc(OC(Oc2ccccc2)C(Oc2ccccc2)(Oc2ccccc2)Oc2ccccc2)cc1. The second kappa shape index (κ2) is 11.7. The van der Waals surface area contributed by atoms with E-state index in [2.05, 4.69) is 0 Å². The van der Waals surface area contributed by atoms with Gasteiger partial charge in [-0.25, -0.2) is 0 Å². The summed E-state index contributed by atoms with van der Waals surface area (Å²) in [6.45, 7) is 0. The van der Waals surface area contributed by atoms with Crippen LogP contribution < -0.4 is 23.7 Å². The van der Waals surface area contributed by atoms with Crippen LogP contribution in [0.1, 0.15) is 0 Å². The van der Waals surface area contributed by atoms with Gasteiger partial charge in [0.1, 0.15) is 28.7 Å². The van der Waals surface area contributed by atoms with E-state index in [1.165, 1.54) is 0 Å². The molecule has 0 saturated heterocycles. The fourth-order valence-corrected chi connectivity index (χ4v) is 3.58. The fraction of sp³-hybridized carbons (Fsp3) is 0.0625. The van der Waals surface area contributed by atoms with E-state index in [-0.39, 0.29) is 0 Å². The van der Waals surface area contributed by atoms with E-state index in [1.807, 2.05) is 152 Å². The van der Waals surface area contributed by atoms with Crippen molar-refractivity contribution < 1.29 is 23.7 Å². The monoisotopic (exact) mass is 490 g/mol. The number of ether oxygens (including phenoxy) is 5. The first-order valence-corrected chi connectivity index (χ1v) is 11.9. The third-order valence-electron chi connectivity index (χ3n) is 5.27. The fourth-order valence-electron chi connectivity index (χ4n) is 3.58. The third-order valence-corrected chi connectivity index (χ3v) is 5.27. The van der Waals surface area contributed by atoms with Crippen LogP contribution in [0, 0.1) is 0 Å². The zero-order valence-electron chi connectivity index (χ0n) is 20.1. The molecule has 0 atom stereocenters. The molecule has 0 saturated carbocycles. The van der Waals surface area contributed by atoms with Crippen molar-refractivity contribution in [2.75, 3.05) is 0 Å². The largest absolute Gasteiger partial charge is 0.497 e. The Hall–Kier alpha value is -4.90. The number of hydrogen-bond donors (Lipinski definition) is 0. The highest BCUT2D eigenvalue weighted by atomic mass is 16.9. The van der Waals surface area contributed by atoms with Crippen LogP contribution in [0.15, 0.2) is 152 Å². The summed E-state index contributed by atoms with van der Waals surface area (Å²) in [5, 5.41) is 0. The van der Waals surface area contributed by atoms with Crippen molar-refractivity contribution in [3.8, 4) is 28.7 Å². The molecule has 5 rings (SSSR count). The highest BCUT2D eigenvalue weighted by molar-refractivity contribution is 5.29. The average Bonchev–Trinajstić information content (AvgIpc) is 2.95. The quantitative estimate of drug-likeness (QED) is 0.181. The maximum Gasteiger partial charge on any atom is 0.497 e. The van der Waals surface area contributed by atoms with Gasteiger partial charge in [0, 0.05) is 0 Å². The van der Waals surface area contributed by atoms with Gasteiger partial charge >= 0.3 is 12.3 Å². The molecule has 5 aromatic carbocycles. The molecule has 37 heavy (non-hydrogen) atoms. The molecule has 0 unspecified atom stereocenters. The van der Waals surface area contributed by atoms with Gasteiger partial charge in [-0.3, -0.25) is 0 Å². The Morgan fingerprint density at radius 1 is 0.324 bits per heavy atom. The van der Waals surface area contributed by atoms with Crippen LogP contribution in [0.3, 0.4) is 0 Å². The van der Waals surface area contributed by atoms with Crippen LogP contribution in [0.2, 0.25) is 0 Å². The lowest BCUT2D eigenvalue weighted by atomic mass is 10.3. The van der Waals surface area contributed by atoms with Crippen molar-refractivity contribution in [2.45, 2.75) is 12.3 Å². The van der Waals surface area contributed by atoms with E-state index < -0.39 is 12.3 Å². The molecule has 5 nitrogen and oxygen atoms in total. The van der Waals surface area contributed by atoms with Crippen molar-refractivity contribution in [1.29, 1.82) is 0 Å². The van der Waals surface area contributed by atoms with Crippen LogP contribution in [-0.2, 0) is 0 Å². The lowest BCUT2D eigenvalue weighted by Crippen LogP contribution is -2.62. The molecule has 5 heteroatoms. The standard InChI is InChI=1S/C32H26O5/c1-6-16-26(17-7-1)33-31(34-27-18-8-2-9-19-27)32(35-28-20-10-3-11-21-28,36-29-22-12-4-13-23-29)37-30-24-14-5-15-25-30/h1-25,31H. The van der Waals surface area contributed by atoms with Gasteiger partial charge < -0.3 is 23.7 Å². The Balaban J connectivity index is 1.65. The Morgan fingerprint density at radius 2 is 0.568 bits per heavy atom. The van der Waals surface area contributed by atoms with Gasteiger partial charge in [-0.2, -0.15) is 0 Å². The van der Waals surface area contributed by atoms with Crippen LogP contribution in [-0.4, -0.2) is 12.3 Å². The summed E-state index contributed by atoms with van der Waals surface area (Å²) in [4.78, 5) is 0. The van der Waals surface area contributed by atoms with Crippen molar-refractivity contribution >= 4 is 0 Å². The van der Waals surface area contributed by atoms with E-state index in [9.17, 15) is 0 Å². The van der Waals surface area contributed by atoms with Gasteiger partial charge in [0.15, 0.2) is 0 Å². The molecule has 0 aliphatic carbocycles. The van der Waals surface area contributed by atoms with E-state index in [0.29, 0.717) is 28.7 Å². The normalized spacial score (nSPS) is 10.9. The summed E-state index contributed by atoms with van der Waals surface area (Å²) in [5.41, 5.74) is 0. The zero-order chi connectivity index (χ0) is 25.2. The maximum atomic E-state index is 6.52. The van der Waals surface area contributed by atoms with Crippen LogP contribution in [0.5, 0.6) is 28.7 Å². The van der Waals surface area contributed by atoms with Gasteiger partial charge in [0.05, 0.1) is 0 Å². The second-order valence-corrected chi connectivity index (χ2v) is 8.04. The molecule has 0 spiro atoms. The Labute approximate surface area is 216 Å². The number of rotatable bonds is 11. The highest BCUT2D eigenvalue weighted by Crippen LogP contribution is 2.33. The topological polar surface area (TPSA) is 46.2 Å². The van der Waals surface area contributed by atoms with E-state index in [0.717, 1.165) is 0 Å². The summed E-state index contributed by atoms with van der Waals surface area (Å²) in [5.74, 6) is 0.721. The first-order valence-electron chi connectivity index (χ1n) is 11.9. The molecule has 0 aliphatic rings. The van der Waals surface area contributed by atoms with Gasteiger partial charge in [0.25, 0.3) is 0 Å². The second-order valence-electron chi connectivity index (χ2n) is 8.04. The van der Waals surface area contributed by atoms with Crippen molar-refractivity contribution in [1.82, 2.24) is 0 Å². The molecule has 0 heterocycles. The smallest absolute Gasteiger partial charge is 0.445 e.